The van der Waals surface area contributed by atoms with Gasteiger partial charge in [-0.15, -0.1) is 0 Å². The molecule has 2 aromatic rings. The molecule has 0 bridgehead atoms. The topological polar surface area (TPSA) is 56.8 Å². The number of aromatic amines is 1. The van der Waals surface area contributed by atoms with Gasteiger partial charge in [0, 0.05) is 32.2 Å². The quantitative estimate of drug-likeness (QED) is 0.782. The monoisotopic (exact) mass is 271 g/mol. The van der Waals surface area contributed by atoms with Crippen molar-refractivity contribution in [1.29, 1.82) is 0 Å². The molecule has 2 heterocycles. The van der Waals surface area contributed by atoms with Crippen molar-refractivity contribution >= 4 is 5.69 Å². The molecular weight excluding hydrogens is 250 g/mol. The summed E-state index contributed by atoms with van der Waals surface area (Å²) in [6.45, 7) is 3.08. The Labute approximate surface area is 119 Å². The van der Waals surface area contributed by atoms with Gasteiger partial charge < -0.3 is 10.2 Å². The third-order valence-corrected chi connectivity index (χ3v) is 3.83. The van der Waals surface area contributed by atoms with E-state index in [0.717, 1.165) is 38.3 Å². The highest BCUT2D eigenvalue weighted by atomic mass is 15.2. The SMILES string of the molecule is CN1CCc2cc(CNCCCc3ncn[nH]3)ccc21. The Balaban J connectivity index is 1.43. The standard InChI is InChI=1S/C15H21N5/c1-20-8-6-13-9-12(4-5-14(13)20)10-16-7-2-3-15-17-11-18-19-15/h4-5,9,11,16H,2-3,6-8,10H2,1H3,(H,17,18,19). The highest BCUT2D eigenvalue weighted by Crippen LogP contribution is 2.27. The molecule has 106 valence electrons. The summed E-state index contributed by atoms with van der Waals surface area (Å²) in [6.07, 6.45) is 4.75. The van der Waals surface area contributed by atoms with E-state index in [9.17, 15) is 0 Å². The fourth-order valence-electron chi connectivity index (χ4n) is 2.69. The van der Waals surface area contributed by atoms with Crippen molar-refractivity contribution in [1.82, 2.24) is 20.5 Å². The average Bonchev–Trinajstić information content (AvgIpc) is 3.09. The Bertz CT molecular complexity index is 549. The predicted molar refractivity (Wildman–Crippen MR) is 79.8 cm³/mol. The van der Waals surface area contributed by atoms with Gasteiger partial charge in [-0.2, -0.15) is 5.10 Å². The normalized spacial score (nSPS) is 13.8. The van der Waals surface area contributed by atoms with Crippen LogP contribution in [0.15, 0.2) is 24.5 Å². The molecule has 0 radical (unpaired) electrons. The maximum atomic E-state index is 4.12. The molecule has 0 fully saturated rings. The Morgan fingerprint density at radius 2 is 2.35 bits per heavy atom. The fourth-order valence-corrected chi connectivity index (χ4v) is 2.69. The van der Waals surface area contributed by atoms with Crippen LogP contribution in [0.1, 0.15) is 23.4 Å². The zero-order valence-electron chi connectivity index (χ0n) is 11.9. The molecule has 2 N–H and O–H groups in total. The van der Waals surface area contributed by atoms with Crippen LogP contribution in [0.5, 0.6) is 0 Å². The van der Waals surface area contributed by atoms with Gasteiger partial charge in [-0.1, -0.05) is 12.1 Å². The maximum absolute atomic E-state index is 4.12. The van der Waals surface area contributed by atoms with Gasteiger partial charge in [0.1, 0.15) is 12.2 Å². The highest BCUT2D eigenvalue weighted by molar-refractivity contribution is 5.58. The van der Waals surface area contributed by atoms with Crippen molar-refractivity contribution < 1.29 is 0 Å². The first-order chi connectivity index (χ1) is 9.83. The van der Waals surface area contributed by atoms with Gasteiger partial charge in [0.25, 0.3) is 0 Å². The number of hydrogen-bond acceptors (Lipinski definition) is 4. The van der Waals surface area contributed by atoms with Gasteiger partial charge in [0.05, 0.1) is 0 Å². The first-order valence-electron chi connectivity index (χ1n) is 7.21. The van der Waals surface area contributed by atoms with Crippen molar-refractivity contribution in [3.05, 3.63) is 41.5 Å². The molecule has 0 atom stereocenters. The zero-order valence-corrected chi connectivity index (χ0v) is 11.9. The second-order valence-electron chi connectivity index (χ2n) is 5.35. The number of aryl methyl sites for hydroxylation is 1. The summed E-state index contributed by atoms with van der Waals surface area (Å²) >= 11 is 0. The van der Waals surface area contributed by atoms with Crippen LogP contribution in [-0.4, -0.2) is 35.3 Å². The number of nitrogens with one attached hydrogen (secondary N) is 2. The van der Waals surface area contributed by atoms with Crippen molar-refractivity contribution in [2.24, 2.45) is 0 Å². The fraction of sp³-hybridized carbons (Fsp3) is 0.467. The van der Waals surface area contributed by atoms with E-state index in [1.807, 2.05) is 0 Å². The zero-order chi connectivity index (χ0) is 13.8. The Hall–Kier alpha value is -1.88. The number of fused-ring (bicyclic) bond motifs is 1. The molecule has 0 unspecified atom stereocenters. The van der Waals surface area contributed by atoms with Crippen LogP contribution in [-0.2, 0) is 19.4 Å². The van der Waals surface area contributed by atoms with Gasteiger partial charge in [-0.25, -0.2) is 4.98 Å². The molecule has 5 nitrogen and oxygen atoms in total. The van der Waals surface area contributed by atoms with Crippen LogP contribution < -0.4 is 10.2 Å². The molecule has 3 rings (SSSR count). The molecule has 0 spiro atoms. The highest BCUT2D eigenvalue weighted by Gasteiger charge is 2.15. The lowest BCUT2D eigenvalue weighted by atomic mass is 10.1. The summed E-state index contributed by atoms with van der Waals surface area (Å²) in [5.74, 6) is 0.965. The summed E-state index contributed by atoms with van der Waals surface area (Å²) in [6, 6.07) is 6.81. The number of hydrogen-bond donors (Lipinski definition) is 2. The summed E-state index contributed by atoms with van der Waals surface area (Å²) in [4.78, 5) is 6.44. The Morgan fingerprint density at radius 3 is 3.20 bits per heavy atom. The lowest BCUT2D eigenvalue weighted by Crippen LogP contribution is -2.15. The van der Waals surface area contributed by atoms with Crippen molar-refractivity contribution in [2.45, 2.75) is 25.8 Å². The van der Waals surface area contributed by atoms with E-state index in [2.05, 4.69) is 50.6 Å². The molecule has 1 aromatic heterocycles. The Morgan fingerprint density at radius 1 is 1.40 bits per heavy atom. The number of benzene rings is 1. The van der Waals surface area contributed by atoms with E-state index in [4.69, 9.17) is 0 Å². The van der Waals surface area contributed by atoms with E-state index < -0.39 is 0 Å². The van der Waals surface area contributed by atoms with Gasteiger partial charge in [-0.3, -0.25) is 5.10 Å². The van der Waals surface area contributed by atoms with Crippen LogP contribution >= 0.6 is 0 Å². The summed E-state index contributed by atoms with van der Waals surface area (Å²) in [5.41, 5.74) is 4.24. The van der Waals surface area contributed by atoms with Gasteiger partial charge in [0.15, 0.2) is 0 Å². The molecule has 0 saturated carbocycles. The number of anilines is 1. The first kappa shape index (κ1) is 13.1. The molecule has 1 aliphatic heterocycles. The Kier molecular flexibility index (Phi) is 3.97. The molecule has 1 aliphatic rings. The van der Waals surface area contributed by atoms with E-state index >= 15 is 0 Å². The number of H-pyrrole nitrogens is 1. The van der Waals surface area contributed by atoms with Gasteiger partial charge in [0.2, 0.25) is 0 Å². The summed E-state index contributed by atoms with van der Waals surface area (Å²) < 4.78 is 0. The predicted octanol–water partition coefficient (Wildman–Crippen LogP) is 1.52. The lowest BCUT2D eigenvalue weighted by Gasteiger charge is -2.12. The smallest absolute Gasteiger partial charge is 0.137 e. The lowest BCUT2D eigenvalue weighted by molar-refractivity contribution is 0.639. The molecule has 0 aliphatic carbocycles. The number of aromatic nitrogens is 3. The largest absolute Gasteiger partial charge is 0.374 e. The third-order valence-electron chi connectivity index (χ3n) is 3.83. The van der Waals surface area contributed by atoms with Crippen molar-refractivity contribution in [2.75, 3.05) is 25.0 Å². The number of likely N-dealkylation sites (N-methyl/N-ethyl adjacent to an activating group) is 1. The molecule has 0 saturated heterocycles. The molecule has 5 heteroatoms. The van der Waals surface area contributed by atoms with Crippen LogP contribution in [0.4, 0.5) is 5.69 Å². The number of nitrogens with zero attached hydrogens (tertiary/aromatic N) is 3. The molecular formula is C15H21N5. The van der Waals surface area contributed by atoms with Crippen molar-refractivity contribution in [3.63, 3.8) is 0 Å². The number of rotatable bonds is 6. The maximum Gasteiger partial charge on any atom is 0.137 e. The molecule has 20 heavy (non-hydrogen) atoms. The molecule has 1 aromatic carbocycles. The minimum atomic E-state index is 0.938. The third kappa shape index (κ3) is 2.99. The molecule has 0 amide bonds. The average molecular weight is 271 g/mol. The summed E-state index contributed by atoms with van der Waals surface area (Å²) in [5, 5.41) is 10.2. The van der Waals surface area contributed by atoms with Crippen molar-refractivity contribution in [3.8, 4) is 0 Å². The van der Waals surface area contributed by atoms with E-state index in [0.29, 0.717) is 0 Å². The van der Waals surface area contributed by atoms with Crippen LogP contribution in [0.25, 0.3) is 0 Å². The van der Waals surface area contributed by atoms with E-state index in [-0.39, 0.29) is 0 Å². The van der Waals surface area contributed by atoms with Crippen LogP contribution in [0, 0.1) is 0 Å². The first-order valence-corrected chi connectivity index (χ1v) is 7.21. The van der Waals surface area contributed by atoms with Gasteiger partial charge in [-0.05, 0) is 36.6 Å². The van der Waals surface area contributed by atoms with E-state index in [1.165, 1.54) is 23.2 Å². The summed E-state index contributed by atoms with van der Waals surface area (Å²) in [7, 11) is 2.16. The van der Waals surface area contributed by atoms with E-state index in [1.54, 1.807) is 6.33 Å². The van der Waals surface area contributed by atoms with Crippen LogP contribution in [0.3, 0.4) is 0 Å². The minimum Gasteiger partial charge on any atom is -0.374 e. The van der Waals surface area contributed by atoms with Crippen LogP contribution in [0.2, 0.25) is 0 Å². The second-order valence-corrected chi connectivity index (χ2v) is 5.35. The van der Waals surface area contributed by atoms with Gasteiger partial charge >= 0.3 is 0 Å². The minimum absolute atomic E-state index is 0.938. The second kappa shape index (κ2) is 6.05.